The first-order valence-corrected chi connectivity index (χ1v) is 6.74. The molecule has 2 rings (SSSR count). The number of furan rings is 1. The van der Waals surface area contributed by atoms with E-state index < -0.39 is 0 Å². The van der Waals surface area contributed by atoms with Crippen LogP contribution in [-0.4, -0.2) is 0 Å². The highest BCUT2D eigenvalue weighted by Crippen LogP contribution is 2.37. The molecule has 2 heterocycles. The van der Waals surface area contributed by atoms with Crippen molar-refractivity contribution in [3.05, 3.63) is 42.9 Å². The summed E-state index contributed by atoms with van der Waals surface area (Å²) in [6.07, 6.45) is 1.67. The molecule has 0 aromatic carbocycles. The van der Waals surface area contributed by atoms with Crippen LogP contribution < -0.4 is 5.73 Å². The van der Waals surface area contributed by atoms with E-state index in [1.54, 1.807) is 17.6 Å². The van der Waals surface area contributed by atoms with E-state index in [9.17, 15) is 0 Å². The van der Waals surface area contributed by atoms with Crippen molar-refractivity contribution < 1.29 is 4.42 Å². The van der Waals surface area contributed by atoms with Crippen LogP contribution in [-0.2, 0) is 0 Å². The monoisotopic (exact) mass is 349 g/mol. The average Bonchev–Trinajstić information content (AvgIpc) is 2.74. The fourth-order valence-corrected chi connectivity index (χ4v) is 3.50. The molecule has 0 radical (unpaired) electrons. The second-order valence-corrected chi connectivity index (χ2v) is 6.44. The molecule has 0 aliphatic heterocycles. The summed E-state index contributed by atoms with van der Waals surface area (Å²) in [6.45, 7) is 1.92. The van der Waals surface area contributed by atoms with Crippen LogP contribution in [0.25, 0.3) is 0 Å². The van der Waals surface area contributed by atoms with Crippen molar-refractivity contribution in [1.82, 2.24) is 0 Å². The zero-order valence-electron chi connectivity index (χ0n) is 7.96. The highest BCUT2D eigenvalue weighted by atomic mass is 79.9. The van der Waals surface area contributed by atoms with Crippen molar-refractivity contribution in [1.29, 1.82) is 0 Å². The van der Waals surface area contributed by atoms with Gasteiger partial charge in [-0.2, -0.15) is 0 Å². The van der Waals surface area contributed by atoms with Crippen LogP contribution in [0.15, 0.2) is 31.1 Å². The van der Waals surface area contributed by atoms with Gasteiger partial charge in [-0.25, -0.2) is 0 Å². The molecular weight excluding hydrogens is 342 g/mol. The number of aryl methyl sites for hydroxylation is 1. The van der Waals surface area contributed by atoms with Gasteiger partial charge in [0, 0.05) is 14.9 Å². The summed E-state index contributed by atoms with van der Waals surface area (Å²) in [5.41, 5.74) is 7.19. The van der Waals surface area contributed by atoms with Crippen LogP contribution in [0.1, 0.15) is 22.2 Å². The van der Waals surface area contributed by atoms with E-state index >= 15 is 0 Å². The molecule has 15 heavy (non-hydrogen) atoms. The smallest absolute Gasteiger partial charge is 0.105 e. The second-order valence-electron chi connectivity index (χ2n) is 3.18. The van der Waals surface area contributed by atoms with Crippen molar-refractivity contribution in [2.24, 2.45) is 5.73 Å². The zero-order chi connectivity index (χ0) is 11.0. The van der Waals surface area contributed by atoms with E-state index in [4.69, 9.17) is 10.2 Å². The Balaban J connectivity index is 2.36. The number of hydrogen-bond acceptors (Lipinski definition) is 3. The molecule has 0 bridgehead atoms. The Labute approximate surface area is 109 Å². The van der Waals surface area contributed by atoms with Crippen molar-refractivity contribution in [2.75, 3.05) is 0 Å². The maximum atomic E-state index is 6.15. The highest BCUT2D eigenvalue weighted by molar-refractivity contribution is 9.13. The molecule has 2 aromatic rings. The third kappa shape index (κ3) is 2.20. The Morgan fingerprint density at radius 2 is 2.20 bits per heavy atom. The Hall–Kier alpha value is -0.1000. The lowest BCUT2D eigenvalue weighted by Crippen LogP contribution is -2.10. The molecule has 0 amide bonds. The molecule has 80 valence electrons. The van der Waals surface area contributed by atoms with Crippen LogP contribution in [0.2, 0.25) is 0 Å². The van der Waals surface area contributed by atoms with Gasteiger partial charge in [-0.15, -0.1) is 11.3 Å². The lowest BCUT2D eigenvalue weighted by Gasteiger charge is -2.07. The van der Waals surface area contributed by atoms with Gasteiger partial charge in [0.05, 0.1) is 16.1 Å². The maximum absolute atomic E-state index is 6.15. The molecule has 0 fully saturated rings. The van der Waals surface area contributed by atoms with Crippen LogP contribution in [0.3, 0.4) is 0 Å². The number of halogens is 2. The molecule has 0 saturated carbocycles. The fourth-order valence-electron chi connectivity index (χ4n) is 1.39. The van der Waals surface area contributed by atoms with Gasteiger partial charge in [0.2, 0.25) is 0 Å². The average molecular weight is 351 g/mol. The Morgan fingerprint density at radius 3 is 2.67 bits per heavy atom. The van der Waals surface area contributed by atoms with Gasteiger partial charge in [0.1, 0.15) is 5.76 Å². The van der Waals surface area contributed by atoms with Crippen LogP contribution >= 0.6 is 43.2 Å². The van der Waals surface area contributed by atoms with E-state index in [0.29, 0.717) is 0 Å². The molecule has 0 spiro atoms. The first-order valence-electron chi connectivity index (χ1n) is 4.34. The summed E-state index contributed by atoms with van der Waals surface area (Å²) in [5.74, 6) is 0.878. The first kappa shape index (κ1) is 11.4. The molecule has 2 N–H and O–H groups in total. The Kier molecular flexibility index (Phi) is 3.35. The van der Waals surface area contributed by atoms with Gasteiger partial charge in [-0.1, -0.05) is 0 Å². The lowest BCUT2D eigenvalue weighted by atomic mass is 10.1. The fraction of sp³-hybridized carbons (Fsp3) is 0.200. The predicted molar refractivity (Wildman–Crippen MR) is 69.2 cm³/mol. The standard InChI is InChI=1S/C10H9Br2NOS/c1-5-6(2-3-14-5)9(13)8-4-7(11)10(12)15-8/h2-4,9H,13H2,1H3. The molecule has 1 unspecified atom stereocenters. The van der Waals surface area contributed by atoms with E-state index in [2.05, 4.69) is 31.9 Å². The Bertz CT molecular complexity index is 458. The molecule has 2 aromatic heterocycles. The topological polar surface area (TPSA) is 39.2 Å². The summed E-state index contributed by atoms with van der Waals surface area (Å²) in [5, 5.41) is 0. The molecular formula is C10H9Br2NOS. The second kappa shape index (κ2) is 4.41. The highest BCUT2D eigenvalue weighted by Gasteiger charge is 2.16. The minimum absolute atomic E-state index is 0.114. The summed E-state index contributed by atoms with van der Waals surface area (Å²) < 4.78 is 7.35. The number of nitrogens with two attached hydrogens (primary N) is 1. The van der Waals surface area contributed by atoms with Gasteiger partial charge in [0.15, 0.2) is 0 Å². The number of thiophene rings is 1. The van der Waals surface area contributed by atoms with E-state index in [1.807, 2.05) is 19.1 Å². The molecule has 5 heteroatoms. The first-order chi connectivity index (χ1) is 7.09. The van der Waals surface area contributed by atoms with Gasteiger partial charge in [-0.05, 0) is 50.9 Å². The van der Waals surface area contributed by atoms with E-state index in [0.717, 1.165) is 24.5 Å². The minimum Gasteiger partial charge on any atom is -0.469 e. The summed E-state index contributed by atoms with van der Waals surface area (Å²) in [6, 6.07) is 3.84. The van der Waals surface area contributed by atoms with Crippen LogP contribution in [0.5, 0.6) is 0 Å². The Morgan fingerprint density at radius 1 is 1.47 bits per heavy atom. The minimum atomic E-state index is -0.114. The largest absolute Gasteiger partial charge is 0.469 e. The molecule has 0 aliphatic carbocycles. The molecule has 1 atom stereocenters. The SMILES string of the molecule is Cc1occc1C(N)c1cc(Br)c(Br)s1. The van der Waals surface area contributed by atoms with Crippen molar-refractivity contribution in [2.45, 2.75) is 13.0 Å². The molecule has 2 nitrogen and oxygen atoms in total. The molecule has 0 aliphatic rings. The van der Waals surface area contributed by atoms with Gasteiger partial charge in [0.25, 0.3) is 0 Å². The third-order valence-corrected chi connectivity index (χ3v) is 5.54. The van der Waals surface area contributed by atoms with E-state index in [1.165, 1.54) is 0 Å². The van der Waals surface area contributed by atoms with Crippen LogP contribution in [0.4, 0.5) is 0 Å². The van der Waals surface area contributed by atoms with Crippen LogP contribution in [0, 0.1) is 6.92 Å². The summed E-state index contributed by atoms with van der Waals surface area (Å²) in [4.78, 5) is 1.11. The lowest BCUT2D eigenvalue weighted by molar-refractivity contribution is 0.528. The van der Waals surface area contributed by atoms with Gasteiger partial charge >= 0.3 is 0 Å². The van der Waals surface area contributed by atoms with Gasteiger partial charge in [-0.3, -0.25) is 0 Å². The van der Waals surface area contributed by atoms with Crippen molar-refractivity contribution in [3.63, 3.8) is 0 Å². The maximum Gasteiger partial charge on any atom is 0.105 e. The predicted octanol–water partition coefficient (Wildman–Crippen LogP) is 4.22. The van der Waals surface area contributed by atoms with E-state index in [-0.39, 0.29) is 6.04 Å². The third-order valence-electron chi connectivity index (χ3n) is 2.20. The molecule has 0 saturated heterocycles. The van der Waals surface area contributed by atoms with Crippen molar-refractivity contribution >= 4 is 43.2 Å². The number of rotatable bonds is 2. The normalized spacial score (nSPS) is 13.1. The summed E-state index contributed by atoms with van der Waals surface area (Å²) >= 11 is 8.54. The quantitative estimate of drug-likeness (QED) is 0.880. The van der Waals surface area contributed by atoms with Crippen molar-refractivity contribution in [3.8, 4) is 0 Å². The number of hydrogen-bond donors (Lipinski definition) is 1. The van der Waals surface area contributed by atoms with Gasteiger partial charge < -0.3 is 10.2 Å². The summed E-state index contributed by atoms with van der Waals surface area (Å²) in [7, 11) is 0. The zero-order valence-corrected chi connectivity index (χ0v) is 11.9.